The van der Waals surface area contributed by atoms with Gasteiger partial charge in [0.25, 0.3) is 0 Å². The predicted octanol–water partition coefficient (Wildman–Crippen LogP) is 6.54. The van der Waals surface area contributed by atoms with Crippen LogP contribution in [0.2, 0.25) is 0 Å². The van der Waals surface area contributed by atoms with E-state index in [2.05, 4.69) is 13.2 Å². The number of hydrogen-bond acceptors (Lipinski definition) is 6. The highest BCUT2D eigenvalue weighted by atomic mass is 16.6. The van der Waals surface area contributed by atoms with Crippen molar-refractivity contribution >= 4 is 22.7 Å². The van der Waals surface area contributed by atoms with Crippen molar-refractivity contribution in [3.63, 3.8) is 0 Å². The van der Waals surface area contributed by atoms with E-state index in [0.29, 0.717) is 11.5 Å². The van der Waals surface area contributed by atoms with Crippen molar-refractivity contribution in [3.05, 3.63) is 133 Å². The topological polar surface area (TPSA) is 71.1 Å². The zero-order valence-corrected chi connectivity index (χ0v) is 20.8. The van der Waals surface area contributed by atoms with Gasteiger partial charge in [-0.25, -0.2) is 9.59 Å². The lowest BCUT2D eigenvalue weighted by Crippen LogP contribution is -2.17. The summed E-state index contributed by atoms with van der Waals surface area (Å²) in [4.78, 5) is 23.6. The van der Waals surface area contributed by atoms with Gasteiger partial charge >= 0.3 is 11.9 Å². The Balaban J connectivity index is 1.43. The van der Waals surface area contributed by atoms with Gasteiger partial charge in [0.1, 0.15) is 24.7 Å². The predicted molar refractivity (Wildman–Crippen MR) is 146 cm³/mol. The molecule has 38 heavy (non-hydrogen) atoms. The average Bonchev–Trinajstić information content (AvgIpc) is 2.97. The van der Waals surface area contributed by atoms with Crippen molar-refractivity contribution < 1.29 is 28.5 Å². The fraction of sp³-hybridized carbons (Fsp3) is 0.125. The Bertz CT molecular complexity index is 1290. The van der Waals surface area contributed by atoms with Crippen LogP contribution in [-0.4, -0.2) is 25.2 Å². The Morgan fingerprint density at radius 2 is 1.00 bits per heavy atom. The zero-order chi connectivity index (χ0) is 26.7. The van der Waals surface area contributed by atoms with Crippen LogP contribution in [0.1, 0.15) is 23.3 Å². The van der Waals surface area contributed by atoms with Crippen molar-refractivity contribution in [3.8, 4) is 11.5 Å². The van der Waals surface area contributed by atoms with E-state index in [9.17, 15) is 9.59 Å². The van der Waals surface area contributed by atoms with E-state index in [4.69, 9.17) is 18.9 Å². The second-order valence-corrected chi connectivity index (χ2v) is 8.37. The van der Waals surface area contributed by atoms with Crippen LogP contribution < -0.4 is 9.47 Å². The molecule has 2 atom stereocenters. The molecule has 192 valence electrons. The second-order valence-electron chi connectivity index (χ2n) is 8.37. The highest BCUT2D eigenvalue weighted by Crippen LogP contribution is 2.28. The summed E-state index contributed by atoms with van der Waals surface area (Å²) in [5.41, 5.74) is 1.66. The van der Waals surface area contributed by atoms with Crippen LogP contribution in [0.3, 0.4) is 0 Å². The lowest BCUT2D eigenvalue weighted by Gasteiger charge is -2.19. The van der Waals surface area contributed by atoms with Gasteiger partial charge in [0, 0.05) is 12.2 Å². The largest absolute Gasteiger partial charge is 0.489 e. The van der Waals surface area contributed by atoms with Crippen LogP contribution in [0, 0.1) is 0 Å². The number of hydrogen-bond donors (Lipinski definition) is 0. The van der Waals surface area contributed by atoms with Gasteiger partial charge in [-0.05, 0) is 46.2 Å². The number of carbonyl (C=O) groups excluding carboxylic acids is 2. The molecule has 4 aromatic carbocycles. The standard InChI is InChI=1S/C32H28O6/c1-3-31(33)37-29(23-11-7-5-8-12-23)21-35-27-17-15-26-20-28(18-16-25(26)19-27)36-22-30(38-32(34)4-2)24-13-9-6-10-14-24/h3-20,29-30H,1-2,21-22H2. The van der Waals surface area contributed by atoms with Gasteiger partial charge in [-0.15, -0.1) is 0 Å². The Morgan fingerprint density at radius 1 is 0.605 bits per heavy atom. The molecule has 6 nitrogen and oxygen atoms in total. The van der Waals surface area contributed by atoms with Gasteiger partial charge in [0.05, 0.1) is 0 Å². The average molecular weight is 509 g/mol. The molecule has 6 heteroatoms. The first-order valence-electron chi connectivity index (χ1n) is 12.1. The van der Waals surface area contributed by atoms with Crippen LogP contribution in [-0.2, 0) is 19.1 Å². The van der Waals surface area contributed by atoms with Crippen molar-refractivity contribution in [1.29, 1.82) is 0 Å². The van der Waals surface area contributed by atoms with Crippen molar-refractivity contribution in [2.45, 2.75) is 12.2 Å². The molecule has 0 aromatic heterocycles. The van der Waals surface area contributed by atoms with E-state index in [0.717, 1.165) is 34.1 Å². The van der Waals surface area contributed by atoms with Gasteiger partial charge in [-0.2, -0.15) is 0 Å². The molecular formula is C32H28O6. The lowest BCUT2D eigenvalue weighted by molar-refractivity contribution is -0.145. The van der Waals surface area contributed by atoms with E-state index < -0.39 is 24.1 Å². The van der Waals surface area contributed by atoms with Crippen molar-refractivity contribution in [2.24, 2.45) is 0 Å². The maximum atomic E-state index is 11.8. The maximum absolute atomic E-state index is 11.8. The molecule has 0 N–H and O–H groups in total. The Kier molecular flexibility index (Phi) is 8.92. The fourth-order valence-electron chi connectivity index (χ4n) is 3.83. The van der Waals surface area contributed by atoms with Gasteiger partial charge < -0.3 is 18.9 Å². The molecule has 0 saturated carbocycles. The minimum Gasteiger partial charge on any atom is -0.489 e. The minimum absolute atomic E-state index is 0.153. The minimum atomic E-state index is -0.569. The number of esters is 2. The number of benzene rings is 4. The highest BCUT2D eigenvalue weighted by molar-refractivity contribution is 5.85. The van der Waals surface area contributed by atoms with Gasteiger partial charge in [0.2, 0.25) is 0 Å². The highest BCUT2D eigenvalue weighted by Gasteiger charge is 2.18. The van der Waals surface area contributed by atoms with E-state index in [1.165, 1.54) is 0 Å². The summed E-state index contributed by atoms with van der Waals surface area (Å²) in [6.07, 6.45) is 1.13. The number of carbonyl (C=O) groups is 2. The smallest absolute Gasteiger partial charge is 0.330 e. The first-order valence-corrected chi connectivity index (χ1v) is 12.1. The van der Waals surface area contributed by atoms with E-state index in [1.807, 2.05) is 97.1 Å². The van der Waals surface area contributed by atoms with Crippen molar-refractivity contribution in [2.75, 3.05) is 13.2 Å². The van der Waals surface area contributed by atoms with E-state index in [-0.39, 0.29) is 13.2 Å². The molecule has 0 aliphatic carbocycles. The molecule has 0 saturated heterocycles. The molecule has 0 fully saturated rings. The molecule has 0 heterocycles. The molecule has 0 amide bonds. The van der Waals surface area contributed by atoms with Crippen LogP contribution in [0.15, 0.2) is 122 Å². The van der Waals surface area contributed by atoms with Gasteiger partial charge in [0.15, 0.2) is 12.2 Å². The molecule has 0 radical (unpaired) electrons. The maximum Gasteiger partial charge on any atom is 0.330 e. The van der Waals surface area contributed by atoms with Crippen LogP contribution in [0.4, 0.5) is 0 Å². The summed E-state index contributed by atoms with van der Waals surface area (Å²) in [5.74, 6) is 0.258. The van der Waals surface area contributed by atoms with Gasteiger partial charge in [-0.3, -0.25) is 0 Å². The van der Waals surface area contributed by atoms with Crippen LogP contribution >= 0.6 is 0 Å². The molecule has 0 spiro atoms. The molecule has 2 unspecified atom stereocenters. The first kappa shape index (κ1) is 26.2. The second kappa shape index (κ2) is 12.9. The SMILES string of the molecule is C=CC(=O)OC(COc1ccc2cc(OCC(OC(=O)C=C)c3ccccc3)ccc2c1)c1ccccc1. The Hall–Kier alpha value is -4.84. The normalized spacial score (nSPS) is 12.1. The molecule has 0 aliphatic heterocycles. The monoisotopic (exact) mass is 508 g/mol. The zero-order valence-electron chi connectivity index (χ0n) is 20.8. The lowest BCUT2D eigenvalue weighted by atomic mass is 10.1. The quantitative estimate of drug-likeness (QED) is 0.160. The molecular weight excluding hydrogens is 480 g/mol. The molecule has 0 aliphatic rings. The van der Waals surface area contributed by atoms with Crippen molar-refractivity contribution in [1.82, 2.24) is 0 Å². The van der Waals surface area contributed by atoms with E-state index in [1.54, 1.807) is 0 Å². The number of rotatable bonds is 12. The first-order chi connectivity index (χ1) is 18.6. The summed E-state index contributed by atoms with van der Waals surface area (Å²) in [6, 6.07) is 30.2. The summed E-state index contributed by atoms with van der Waals surface area (Å²) in [6.45, 7) is 7.25. The van der Waals surface area contributed by atoms with E-state index >= 15 is 0 Å². The fourth-order valence-corrected chi connectivity index (χ4v) is 3.83. The summed E-state index contributed by atoms with van der Waals surface area (Å²) in [7, 11) is 0. The molecule has 4 rings (SSSR count). The third-order valence-electron chi connectivity index (χ3n) is 5.78. The third kappa shape index (κ3) is 7.11. The molecule has 0 bridgehead atoms. The Labute approximate surface area is 221 Å². The van der Waals surface area contributed by atoms with Crippen LogP contribution in [0.5, 0.6) is 11.5 Å². The third-order valence-corrected chi connectivity index (χ3v) is 5.78. The Morgan fingerprint density at radius 3 is 1.37 bits per heavy atom. The summed E-state index contributed by atoms with van der Waals surface area (Å²) < 4.78 is 22.9. The number of ether oxygens (including phenoxy) is 4. The number of fused-ring (bicyclic) bond motifs is 1. The van der Waals surface area contributed by atoms with Crippen LogP contribution in [0.25, 0.3) is 10.8 Å². The summed E-state index contributed by atoms with van der Waals surface area (Å²) in [5, 5.41) is 1.90. The summed E-state index contributed by atoms with van der Waals surface area (Å²) >= 11 is 0. The molecule has 4 aromatic rings. The van der Waals surface area contributed by atoms with Gasteiger partial charge in [-0.1, -0.05) is 86.0 Å².